The molecule has 21 heavy (non-hydrogen) atoms. The minimum absolute atomic E-state index is 0.741. The van der Waals surface area contributed by atoms with Crippen molar-refractivity contribution < 1.29 is 0 Å². The van der Waals surface area contributed by atoms with Crippen molar-refractivity contribution in [2.75, 3.05) is 5.73 Å². The van der Waals surface area contributed by atoms with Gasteiger partial charge in [0.05, 0.1) is 0 Å². The fraction of sp³-hybridized carbons (Fsp3) is 0.100. The van der Waals surface area contributed by atoms with Crippen LogP contribution in [0.25, 0.3) is 0 Å². The van der Waals surface area contributed by atoms with Crippen LogP contribution in [-0.2, 0) is 0 Å². The molecule has 100 valence electrons. The van der Waals surface area contributed by atoms with Crippen molar-refractivity contribution >= 4 is 5.69 Å². The van der Waals surface area contributed by atoms with E-state index in [2.05, 4.69) is 23.7 Å². The lowest BCUT2D eigenvalue weighted by atomic mass is 10.0. The number of nitrogens with two attached hydrogens (primary N) is 1. The Morgan fingerprint density at radius 1 is 0.810 bits per heavy atom. The van der Waals surface area contributed by atoms with Crippen LogP contribution in [0, 0.1) is 50.4 Å². The van der Waals surface area contributed by atoms with Crippen molar-refractivity contribution in [1.29, 1.82) is 0 Å². The molecule has 1 nitrogen and oxygen atoms in total. The molecule has 0 aliphatic rings. The number of hydrogen-bond donors (Lipinski definition) is 1. The number of anilines is 1. The summed E-state index contributed by atoms with van der Waals surface area (Å²) in [6.07, 6.45) is 10.9. The van der Waals surface area contributed by atoms with Crippen LogP contribution in [-0.4, -0.2) is 0 Å². The van der Waals surface area contributed by atoms with Crippen LogP contribution in [0.15, 0.2) is 30.3 Å². The third-order valence-corrected chi connectivity index (χ3v) is 3.28. The van der Waals surface area contributed by atoms with Crippen molar-refractivity contribution in [2.45, 2.75) is 13.8 Å². The lowest BCUT2D eigenvalue weighted by molar-refractivity contribution is 1.37. The second kappa shape index (κ2) is 5.92. The fourth-order valence-electron chi connectivity index (χ4n) is 2.05. The van der Waals surface area contributed by atoms with E-state index < -0.39 is 0 Å². The molecule has 0 atom stereocenters. The van der Waals surface area contributed by atoms with E-state index in [0.29, 0.717) is 0 Å². The van der Waals surface area contributed by atoms with E-state index in [9.17, 15) is 0 Å². The Labute approximate surface area is 126 Å². The molecule has 0 saturated heterocycles. The van der Waals surface area contributed by atoms with Gasteiger partial charge in [0, 0.05) is 27.9 Å². The Morgan fingerprint density at radius 2 is 1.48 bits per heavy atom. The predicted molar refractivity (Wildman–Crippen MR) is 88.6 cm³/mol. The first-order valence-corrected chi connectivity index (χ1v) is 6.51. The number of rotatable bonds is 0. The number of aryl methyl sites for hydroxylation is 2. The van der Waals surface area contributed by atoms with Crippen molar-refractivity contribution in [3.8, 4) is 36.5 Å². The smallest absolute Gasteiger partial charge is 0.0417 e. The summed E-state index contributed by atoms with van der Waals surface area (Å²) in [5.74, 6) is 11.4. The third kappa shape index (κ3) is 3.09. The molecule has 0 aromatic heterocycles. The van der Waals surface area contributed by atoms with E-state index >= 15 is 0 Å². The Hall–Kier alpha value is -3.08. The highest BCUT2D eigenvalue weighted by atomic mass is 14.6. The maximum absolute atomic E-state index is 5.94. The number of hydrogen-bond acceptors (Lipinski definition) is 1. The van der Waals surface area contributed by atoms with E-state index in [1.54, 1.807) is 0 Å². The summed E-state index contributed by atoms with van der Waals surface area (Å²) in [5, 5.41) is 0. The van der Waals surface area contributed by atoms with Gasteiger partial charge in [-0.05, 0) is 55.3 Å². The summed E-state index contributed by atoms with van der Waals surface area (Å²) in [6, 6.07) is 9.40. The van der Waals surface area contributed by atoms with Crippen molar-refractivity contribution in [3.63, 3.8) is 0 Å². The molecule has 0 radical (unpaired) electrons. The van der Waals surface area contributed by atoms with Crippen LogP contribution in [0.1, 0.15) is 33.4 Å². The van der Waals surface area contributed by atoms with E-state index in [-0.39, 0.29) is 0 Å². The summed E-state index contributed by atoms with van der Waals surface area (Å²) in [7, 11) is 0. The van der Waals surface area contributed by atoms with E-state index in [1.807, 2.05) is 44.2 Å². The maximum atomic E-state index is 5.94. The molecule has 2 rings (SSSR count). The van der Waals surface area contributed by atoms with E-state index in [0.717, 1.165) is 39.1 Å². The summed E-state index contributed by atoms with van der Waals surface area (Å²) in [5.41, 5.74) is 12.0. The normalized spacial score (nSPS) is 9.14. The van der Waals surface area contributed by atoms with Gasteiger partial charge >= 0.3 is 0 Å². The summed E-state index contributed by atoms with van der Waals surface area (Å²) in [6.45, 7) is 3.94. The van der Waals surface area contributed by atoms with Crippen LogP contribution in [0.2, 0.25) is 0 Å². The Balaban J connectivity index is 2.49. The average Bonchev–Trinajstić information content (AvgIpc) is 2.50. The van der Waals surface area contributed by atoms with Gasteiger partial charge in [-0.2, -0.15) is 0 Å². The highest BCUT2D eigenvalue weighted by Gasteiger charge is 2.01. The SMILES string of the molecule is C#Cc1ccc(C#C)c(C#Cc2cc(C)c(N)c(C)c2)c1. The lowest BCUT2D eigenvalue weighted by Gasteiger charge is -2.04. The van der Waals surface area contributed by atoms with Crippen molar-refractivity contribution in [2.24, 2.45) is 0 Å². The molecule has 0 saturated carbocycles. The molecular formula is C20H15N. The van der Waals surface area contributed by atoms with Crippen LogP contribution >= 0.6 is 0 Å². The molecule has 2 N–H and O–H groups in total. The second-order valence-electron chi connectivity index (χ2n) is 4.82. The van der Waals surface area contributed by atoms with Crippen molar-refractivity contribution in [3.05, 3.63) is 63.7 Å². The molecular weight excluding hydrogens is 254 g/mol. The van der Waals surface area contributed by atoms with Gasteiger partial charge in [0.15, 0.2) is 0 Å². The summed E-state index contributed by atoms with van der Waals surface area (Å²) < 4.78 is 0. The number of benzene rings is 2. The average molecular weight is 269 g/mol. The van der Waals surface area contributed by atoms with Gasteiger partial charge in [0.2, 0.25) is 0 Å². The summed E-state index contributed by atoms with van der Waals surface area (Å²) in [4.78, 5) is 0. The molecule has 2 aromatic rings. The molecule has 2 aromatic carbocycles. The van der Waals surface area contributed by atoms with Gasteiger partial charge in [-0.25, -0.2) is 0 Å². The minimum Gasteiger partial charge on any atom is -0.398 e. The largest absolute Gasteiger partial charge is 0.398 e. The van der Waals surface area contributed by atoms with Crippen molar-refractivity contribution in [1.82, 2.24) is 0 Å². The quantitative estimate of drug-likeness (QED) is 0.576. The van der Waals surface area contributed by atoms with Crippen LogP contribution in [0.4, 0.5) is 5.69 Å². The lowest BCUT2D eigenvalue weighted by Crippen LogP contribution is -1.94. The molecule has 1 heteroatoms. The molecule has 0 heterocycles. The molecule has 0 spiro atoms. The fourth-order valence-corrected chi connectivity index (χ4v) is 2.05. The van der Waals surface area contributed by atoms with Gasteiger partial charge in [-0.1, -0.05) is 23.7 Å². The highest BCUT2D eigenvalue weighted by molar-refractivity contribution is 5.59. The van der Waals surface area contributed by atoms with Crippen LogP contribution in [0.5, 0.6) is 0 Å². The topological polar surface area (TPSA) is 26.0 Å². The van der Waals surface area contributed by atoms with Gasteiger partial charge in [-0.3, -0.25) is 0 Å². The minimum atomic E-state index is 0.741. The first-order valence-electron chi connectivity index (χ1n) is 6.51. The first-order chi connectivity index (χ1) is 10.0. The van der Waals surface area contributed by atoms with E-state index in [1.165, 1.54) is 0 Å². The number of nitrogen functional groups attached to an aromatic ring is 1. The zero-order valence-corrected chi connectivity index (χ0v) is 12.1. The van der Waals surface area contributed by atoms with Gasteiger partial charge in [0.25, 0.3) is 0 Å². The standard InChI is InChI=1S/C20H15N/c1-5-16-7-9-18(6-2)19(13-16)10-8-17-11-14(3)20(21)15(4)12-17/h1-2,7,9,11-13H,21H2,3-4H3. The van der Waals surface area contributed by atoms with E-state index in [4.69, 9.17) is 18.6 Å². The zero-order valence-electron chi connectivity index (χ0n) is 12.1. The Bertz CT molecular complexity index is 823. The monoisotopic (exact) mass is 269 g/mol. The first kappa shape index (κ1) is 14.3. The Morgan fingerprint density at radius 3 is 2.05 bits per heavy atom. The van der Waals surface area contributed by atoms with Gasteiger partial charge in [0.1, 0.15) is 0 Å². The maximum Gasteiger partial charge on any atom is 0.0417 e. The zero-order chi connectivity index (χ0) is 15.4. The molecule has 0 bridgehead atoms. The van der Waals surface area contributed by atoms with Crippen LogP contribution in [0.3, 0.4) is 0 Å². The summed E-state index contributed by atoms with van der Waals surface area (Å²) >= 11 is 0. The van der Waals surface area contributed by atoms with Gasteiger partial charge < -0.3 is 5.73 Å². The molecule has 0 aliphatic heterocycles. The van der Waals surface area contributed by atoms with Gasteiger partial charge in [-0.15, -0.1) is 12.8 Å². The predicted octanol–water partition coefficient (Wildman–Crippen LogP) is 3.25. The highest BCUT2D eigenvalue weighted by Crippen LogP contribution is 2.18. The molecule has 0 fully saturated rings. The number of terminal acetylenes is 2. The molecule has 0 unspecified atom stereocenters. The molecule has 0 amide bonds. The Kier molecular flexibility index (Phi) is 4.04. The van der Waals surface area contributed by atoms with Crippen LogP contribution < -0.4 is 5.73 Å². The third-order valence-electron chi connectivity index (χ3n) is 3.28. The second-order valence-corrected chi connectivity index (χ2v) is 4.82. The molecule has 0 aliphatic carbocycles.